The Kier molecular flexibility index (Phi) is 6.26. The van der Waals surface area contributed by atoms with Gasteiger partial charge in [-0.1, -0.05) is 4.85 Å². The summed E-state index contributed by atoms with van der Waals surface area (Å²) >= 11 is 0. The van der Waals surface area contributed by atoms with Gasteiger partial charge >= 0.3 is 0 Å². The number of morpholine rings is 1. The molecule has 4 rings (SSSR count). The predicted octanol–water partition coefficient (Wildman–Crippen LogP) is 0.917. The first-order valence-corrected chi connectivity index (χ1v) is 11.4. The van der Waals surface area contributed by atoms with Crippen LogP contribution in [0.3, 0.4) is 0 Å². The topological polar surface area (TPSA) is 125 Å². The number of nitrogens with zero attached hydrogens (tertiary/aromatic N) is 4. The van der Waals surface area contributed by atoms with E-state index in [0.29, 0.717) is 35.7 Å². The number of carbonyl (C=O) groups excluding carboxylic acids is 1. The van der Waals surface area contributed by atoms with E-state index >= 15 is 0 Å². The summed E-state index contributed by atoms with van der Waals surface area (Å²) in [6.45, 7) is 2.84. The molecule has 0 aliphatic carbocycles. The monoisotopic (exact) mass is 461 g/mol. The Hall–Kier alpha value is -3.22. The van der Waals surface area contributed by atoms with Gasteiger partial charge in [-0.2, -0.15) is 4.31 Å². The van der Waals surface area contributed by atoms with E-state index in [9.17, 15) is 13.2 Å². The van der Waals surface area contributed by atoms with Crippen LogP contribution in [0, 0.1) is 0 Å². The van der Waals surface area contributed by atoms with Crippen molar-refractivity contribution in [2.45, 2.75) is 17.9 Å². The van der Waals surface area contributed by atoms with E-state index in [1.54, 1.807) is 44.4 Å². The first kappa shape index (κ1) is 22.0. The Labute approximate surface area is 184 Å². The molecule has 32 heavy (non-hydrogen) atoms. The number of rotatable bonds is 7. The fraction of sp³-hybridized carbons (Fsp3) is 0.350. The van der Waals surface area contributed by atoms with Gasteiger partial charge in [0.1, 0.15) is 16.8 Å². The van der Waals surface area contributed by atoms with Gasteiger partial charge in [0.15, 0.2) is 0 Å². The van der Waals surface area contributed by atoms with Gasteiger partial charge in [0.05, 0.1) is 25.2 Å². The lowest BCUT2D eigenvalue weighted by Crippen LogP contribution is -2.40. The molecule has 0 saturated carbocycles. The molecule has 3 aromatic rings. The van der Waals surface area contributed by atoms with Crippen molar-refractivity contribution in [3.63, 3.8) is 0 Å². The molecule has 12 heteroatoms. The summed E-state index contributed by atoms with van der Waals surface area (Å²) in [4.78, 5) is 19.3. The summed E-state index contributed by atoms with van der Waals surface area (Å²) in [7, 11) is -2.14. The zero-order valence-corrected chi connectivity index (χ0v) is 18.4. The minimum Gasteiger partial charge on any atom is -0.497 e. The molecule has 170 valence electrons. The van der Waals surface area contributed by atoms with Crippen molar-refractivity contribution in [2.75, 3.05) is 38.7 Å². The summed E-state index contributed by atoms with van der Waals surface area (Å²) < 4.78 is 37.6. The quantitative estimate of drug-likeness (QED) is 0.551. The number of anilines is 1. The normalized spacial score (nSPS) is 15.9. The maximum atomic E-state index is 12.9. The Morgan fingerprint density at radius 2 is 1.88 bits per heavy atom. The molecular formula is C20H23N5O6S. The molecule has 1 fully saturated rings. The lowest BCUT2D eigenvalue weighted by molar-refractivity contribution is -0.127. The van der Waals surface area contributed by atoms with E-state index in [2.05, 4.69) is 15.6 Å². The van der Waals surface area contributed by atoms with Crippen molar-refractivity contribution in [3.05, 3.63) is 42.5 Å². The third kappa shape index (κ3) is 4.52. The lowest BCUT2D eigenvalue weighted by Gasteiger charge is -2.26. The Morgan fingerprint density at radius 1 is 1.16 bits per heavy atom. The summed E-state index contributed by atoms with van der Waals surface area (Å²) in [5.41, 5.74) is 1.35. The summed E-state index contributed by atoms with van der Waals surface area (Å²) in [5.74, 6) is 0.264. The highest BCUT2D eigenvalue weighted by molar-refractivity contribution is 7.89. The molecule has 1 aliphatic heterocycles. The van der Waals surface area contributed by atoms with E-state index in [1.807, 2.05) is 0 Å². The number of sulfonamides is 1. The standard InChI is InChI=1S/C20H23N5O6S/c1-14(20(26)21-15-3-5-16(29-2)6-4-15)31-25-19-13-17(7-8-18(19)22-23-25)32(27,28)24-9-11-30-12-10-24/h3-8,13-14H,9-12H2,1-2H3,(H,21,26). The van der Waals surface area contributed by atoms with E-state index < -0.39 is 22.0 Å². The summed E-state index contributed by atoms with van der Waals surface area (Å²) in [6, 6.07) is 11.3. The van der Waals surface area contributed by atoms with Gasteiger partial charge in [0.2, 0.25) is 16.1 Å². The van der Waals surface area contributed by atoms with Crippen molar-refractivity contribution in [2.24, 2.45) is 0 Å². The molecule has 0 radical (unpaired) electrons. The molecule has 0 spiro atoms. The van der Waals surface area contributed by atoms with Gasteiger partial charge in [-0.25, -0.2) is 8.42 Å². The average Bonchev–Trinajstić information content (AvgIpc) is 3.22. The number of nitrogens with one attached hydrogen (secondary N) is 1. The van der Waals surface area contributed by atoms with Gasteiger partial charge < -0.3 is 19.6 Å². The molecule has 1 atom stereocenters. The van der Waals surface area contributed by atoms with Crippen LogP contribution in [0.25, 0.3) is 11.0 Å². The molecule has 1 saturated heterocycles. The highest BCUT2D eigenvalue weighted by Gasteiger charge is 2.27. The van der Waals surface area contributed by atoms with Gasteiger partial charge in [-0.05, 0) is 54.6 Å². The number of methoxy groups -OCH3 is 1. The number of hydrogen-bond donors (Lipinski definition) is 1. The molecule has 11 nitrogen and oxygen atoms in total. The van der Waals surface area contributed by atoms with Crippen molar-refractivity contribution in [1.82, 2.24) is 19.5 Å². The summed E-state index contributed by atoms with van der Waals surface area (Å²) in [6.07, 6.45) is -0.929. The van der Waals surface area contributed by atoms with E-state index in [4.69, 9.17) is 14.3 Å². The van der Waals surface area contributed by atoms with E-state index in [1.165, 1.54) is 16.4 Å². The number of fused-ring (bicyclic) bond motifs is 1. The zero-order valence-electron chi connectivity index (χ0n) is 17.6. The first-order chi connectivity index (χ1) is 15.4. The Morgan fingerprint density at radius 3 is 2.56 bits per heavy atom. The van der Waals surface area contributed by atoms with Crippen LogP contribution in [0.5, 0.6) is 5.75 Å². The SMILES string of the molecule is COc1ccc(NC(=O)C(C)On2nnc3ccc(S(=O)(=O)N4CCOCC4)cc32)cc1. The van der Waals surface area contributed by atoms with Crippen molar-refractivity contribution >= 4 is 32.7 Å². The third-order valence-electron chi connectivity index (χ3n) is 4.98. The van der Waals surface area contributed by atoms with Crippen LogP contribution in [0.15, 0.2) is 47.4 Å². The number of benzene rings is 2. The van der Waals surface area contributed by atoms with E-state index in [0.717, 1.165) is 4.85 Å². The van der Waals surface area contributed by atoms with Gasteiger partial charge in [-0.3, -0.25) is 4.79 Å². The Balaban J connectivity index is 1.51. The molecule has 1 unspecified atom stereocenters. The molecule has 2 heterocycles. The second-order valence-corrected chi connectivity index (χ2v) is 9.03. The maximum absolute atomic E-state index is 12.9. The van der Waals surface area contributed by atoms with Crippen LogP contribution in [0.1, 0.15) is 6.92 Å². The fourth-order valence-corrected chi connectivity index (χ4v) is 4.60. The second kappa shape index (κ2) is 9.10. The van der Waals surface area contributed by atoms with Crippen molar-refractivity contribution in [3.8, 4) is 5.75 Å². The Bertz CT molecular complexity index is 1200. The minimum absolute atomic E-state index is 0.0920. The smallest absolute Gasteiger partial charge is 0.267 e. The predicted molar refractivity (Wildman–Crippen MR) is 115 cm³/mol. The number of hydrogen-bond acceptors (Lipinski definition) is 8. The summed E-state index contributed by atoms with van der Waals surface area (Å²) in [5, 5.41) is 10.6. The number of aromatic nitrogens is 3. The maximum Gasteiger partial charge on any atom is 0.267 e. The zero-order chi connectivity index (χ0) is 22.7. The molecular weight excluding hydrogens is 438 g/mol. The number of amides is 1. The molecule has 2 aromatic carbocycles. The highest BCUT2D eigenvalue weighted by atomic mass is 32.2. The van der Waals surface area contributed by atoms with Gasteiger partial charge in [0, 0.05) is 18.8 Å². The lowest BCUT2D eigenvalue weighted by atomic mass is 10.3. The van der Waals surface area contributed by atoms with Crippen molar-refractivity contribution in [1.29, 1.82) is 0 Å². The van der Waals surface area contributed by atoms with Crippen LogP contribution < -0.4 is 14.9 Å². The number of carbonyl (C=O) groups is 1. The number of ether oxygens (including phenoxy) is 2. The van der Waals surface area contributed by atoms with Gasteiger partial charge in [0.25, 0.3) is 5.91 Å². The average molecular weight is 462 g/mol. The van der Waals surface area contributed by atoms with Crippen LogP contribution in [0.4, 0.5) is 5.69 Å². The minimum atomic E-state index is -3.70. The van der Waals surface area contributed by atoms with Gasteiger partial charge in [-0.15, -0.1) is 5.10 Å². The second-order valence-electron chi connectivity index (χ2n) is 7.09. The van der Waals surface area contributed by atoms with Crippen molar-refractivity contribution < 1.29 is 27.5 Å². The van der Waals surface area contributed by atoms with Crippen LogP contribution in [-0.2, 0) is 19.6 Å². The molecule has 1 aliphatic rings. The third-order valence-corrected chi connectivity index (χ3v) is 6.87. The van der Waals surface area contributed by atoms with Crippen LogP contribution in [-0.4, -0.2) is 73.3 Å². The molecule has 1 amide bonds. The largest absolute Gasteiger partial charge is 0.497 e. The van der Waals surface area contributed by atoms with Crippen LogP contribution >= 0.6 is 0 Å². The molecule has 1 N–H and O–H groups in total. The van der Waals surface area contributed by atoms with Crippen LogP contribution in [0.2, 0.25) is 0 Å². The highest BCUT2D eigenvalue weighted by Crippen LogP contribution is 2.21. The molecule has 0 bridgehead atoms. The molecule has 1 aromatic heterocycles. The first-order valence-electron chi connectivity index (χ1n) is 9.94. The fourth-order valence-electron chi connectivity index (χ4n) is 3.17. The van der Waals surface area contributed by atoms with E-state index in [-0.39, 0.29) is 18.0 Å².